The molecule has 24 heavy (non-hydrogen) atoms. The minimum atomic E-state index is -0.462. The molecule has 1 heterocycles. The maximum atomic E-state index is 12.1. The molecule has 0 aromatic heterocycles. The van der Waals surface area contributed by atoms with Crippen molar-refractivity contribution >= 4 is 5.91 Å². The van der Waals surface area contributed by atoms with E-state index in [-0.39, 0.29) is 17.2 Å². The first-order valence-electron chi connectivity index (χ1n) is 8.73. The van der Waals surface area contributed by atoms with E-state index in [0.29, 0.717) is 26.4 Å². The molecule has 5 nitrogen and oxygen atoms in total. The van der Waals surface area contributed by atoms with Crippen LogP contribution in [0.25, 0.3) is 0 Å². The first kappa shape index (κ1) is 18.7. The van der Waals surface area contributed by atoms with Gasteiger partial charge in [0, 0.05) is 13.2 Å². The molecule has 1 fully saturated rings. The third kappa shape index (κ3) is 5.21. The average molecular weight is 334 g/mol. The van der Waals surface area contributed by atoms with Crippen LogP contribution in [0.4, 0.5) is 0 Å². The number of rotatable bonds is 6. The predicted molar refractivity (Wildman–Crippen MR) is 95.2 cm³/mol. The van der Waals surface area contributed by atoms with Gasteiger partial charge in [-0.25, -0.2) is 0 Å². The van der Waals surface area contributed by atoms with Crippen LogP contribution in [0.2, 0.25) is 0 Å². The number of carbonyl (C=O) groups excluding carboxylic acids is 1. The van der Waals surface area contributed by atoms with E-state index in [0.717, 1.165) is 24.2 Å². The lowest BCUT2D eigenvalue weighted by molar-refractivity contribution is -0.124. The average Bonchev–Trinajstić information content (AvgIpc) is 2.58. The Kier molecular flexibility index (Phi) is 6.63. The maximum absolute atomic E-state index is 12.1. The summed E-state index contributed by atoms with van der Waals surface area (Å²) >= 11 is 0. The second kappa shape index (κ2) is 8.49. The molecule has 1 atom stereocenters. The Bertz CT molecular complexity index is 534. The van der Waals surface area contributed by atoms with Crippen molar-refractivity contribution in [1.82, 2.24) is 5.32 Å². The van der Waals surface area contributed by atoms with E-state index < -0.39 is 6.04 Å². The Morgan fingerprint density at radius 1 is 1.33 bits per heavy atom. The Morgan fingerprint density at radius 3 is 2.67 bits per heavy atom. The molecule has 5 heteroatoms. The maximum Gasteiger partial charge on any atom is 0.237 e. The molecular weight excluding hydrogens is 304 g/mol. The first-order valence-corrected chi connectivity index (χ1v) is 8.73. The van der Waals surface area contributed by atoms with Gasteiger partial charge in [0.25, 0.3) is 0 Å². The minimum Gasteiger partial charge on any atom is -0.491 e. The molecule has 0 radical (unpaired) electrons. The van der Waals surface area contributed by atoms with Gasteiger partial charge in [-0.3, -0.25) is 4.79 Å². The van der Waals surface area contributed by atoms with Crippen LogP contribution in [-0.2, 0) is 14.9 Å². The van der Waals surface area contributed by atoms with Gasteiger partial charge in [0.1, 0.15) is 12.4 Å². The molecule has 1 unspecified atom stereocenters. The number of hydrogen-bond donors (Lipinski definition) is 2. The van der Waals surface area contributed by atoms with Crippen LogP contribution in [0.15, 0.2) is 24.3 Å². The van der Waals surface area contributed by atoms with Crippen LogP contribution in [0.3, 0.4) is 0 Å². The van der Waals surface area contributed by atoms with Crippen molar-refractivity contribution < 1.29 is 14.3 Å². The molecule has 0 bridgehead atoms. The molecule has 0 spiro atoms. The topological polar surface area (TPSA) is 73.6 Å². The molecule has 1 aliphatic rings. The lowest BCUT2D eigenvalue weighted by Gasteiger charge is -2.26. The van der Waals surface area contributed by atoms with Gasteiger partial charge < -0.3 is 20.5 Å². The fourth-order valence-corrected chi connectivity index (χ4v) is 2.95. The predicted octanol–water partition coefficient (Wildman–Crippen LogP) is 2.23. The van der Waals surface area contributed by atoms with Crippen molar-refractivity contribution in [1.29, 1.82) is 0 Å². The summed E-state index contributed by atoms with van der Waals surface area (Å²) in [6.45, 7) is 8.74. The number of carbonyl (C=O) groups is 1. The van der Waals surface area contributed by atoms with Gasteiger partial charge in [0.05, 0.1) is 12.6 Å². The van der Waals surface area contributed by atoms with Gasteiger partial charge >= 0.3 is 0 Å². The Balaban J connectivity index is 1.78. The molecule has 1 aromatic rings. The van der Waals surface area contributed by atoms with E-state index in [1.165, 1.54) is 0 Å². The van der Waals surface area contributed by atoms with E-state index in [1.807, 2.05) is 18.2 Å². The second-order valence-corrected chi connectivity index (χ2v) is 7.36. The number of amides is 1. The zero-order valence-corrected chi connectivity index (χ0v) is 15.0. The van der Waals surface area contributed by atoms with Crippen LogP contribution in [0, 0.1) is 5.92 Å². The highest BCUT2D eigenvalue weighted by Gasteiger charge is 2.26. The molecule has 1 aliphatic heterocycles. The molecule has 1 aromatic carbocycles. The van der Waals surface area contributed by atoms with Gasteiger partial charge in [-0.15, -0.1) is 0 Å². The minimum absolute atomic E-state index is 0.0191. The van der Waals surface area contributed by atoms with Crippen LogP contribution in [-0.4, -0.2) is 38.3 Å². The molecule has 0 aliphatic carbocycles. The first-order chi connectivity index (χ1) is 11.4. The Morgan fingerprint density at radius 2 is 2.00 bits per heavy atom. The summed E-state index contributed by atoms with van der Waals surface area (Å²) in [6, 6.07) is 7.56. The number of nitrogens with one attached hydrogen (secondary N) is 1. The monoisotopic (exact) mass is 334 g/mol. The van der Waals surface area contributed by atoms with Crippen LogP contribution >= 0.6 is 0 Å². The zero-order chi connectivity index (χ0) is 17.6. The standard InChI is InChI=1S/C19H30N2O3/c1-19(2,3)15-6-4-5-7-16(15)24-13-10-21-18(22)17(20)14-8-11-23-12-9-14/h4-7,14,17H,8-13,20H2,1-3H3,(H,21,22). The van der Waals surface area contributed by atoms with Gasteiger partial charge in [0.2, 0.25) is 5.91 Å². The van der Waals surface area contributed by atoms with Gasteiger partial charge in [-0.1, -0.05) is 39.0 Å². The van der Waals surface area contributed by atoms with E-state index in [4.69, 9.17) is 15.2 Å². The van der Waals surface area contributed by atoms with Crippen LogP contribution < -0.4 is 15.8 Å². The molecular formula is C19H30N2O3. The van der Waals surface area contributed by atoms with Crippen molar-refractivity contribution in [3.63, 3.8) is 0 Å². The van der Waals surface area contributed by atoms with Crippen molar-refractivity contribution in [2.75, 3.05) is 26.4 Å². The van der Waals surface area contributed by atoms with E-state index in [9.17, 15) is 4.79 Å². The number of ether oxygens (including phenoxy) is 2. The molecule has 2 rings (SSSR count). The fourth-order valence-electron chi connectivity index (χ4n) is 2.95. The number of benzene rings is 1. The number of para-hydroxylation sites is 1. The van der Waals surface area contributed by atoms with E-state index >= 15 is 0 Å². The number of hydrogen-bond acceptors (Lipinski definition) is 4. The van der Waals surface area contributed by atoms with Gasteiger partial charge in [-0.2, -0.15) is 0 Å². The van der Waals surface area contributed by atoms with E-state index in [1.54, 1.807) is 0 Å². The van der Waals surface area contributed by atoms with Crippen LogP contribution in [0.1, 0.15) is 39.2 Å². The molecule has 134 valence electrons. The normalized spacial score (nSPS) is 17.3. The third-order valence-corrected chi connectivity index (χ3v) is 4.43. The Hall–Kier alpha value is -1.59. The largest absolute Gasteiger partial charge is 0.491 e. The van der Waals surface area contributed by atoms with Crippen molar-refractivity contribution in [2.24, 2.45) is 11.7 Å². The summed E-state index contributed by atoms with van der Waals surface area (Å²) in [4.78, 5) is 12.1. The number of nitrogens with two attached hydrogens (primary N) is 1. The molecule has 3 N–H and O–H groups in total. The molecule has 0 saturated carbocycles. The highest BCUT2D eigenvalue weighted by Crippen LogP contribution is 2.30. The van der Waals surface area contributed by atoms with Gasteiger partial charge in [0.15, 0.2) is 0 Å². The smallest absolute Gasteiger partial charge is 0.237 e. The summed E-state index contributed by atoms with van der Waals surface area (Å²) in [5.74, 6) is 0.976. The summed E-state index contributed by atoms with van der Waals surface area (Å²) in [6.07, 6.45) is 1.70. The lowest BCUT2D eigenvalue weighted by Crippen LogP contribution is -2.47. The van der Waals surface area contributed by atoms with Crippen molar-refractivity contribution in [3.8, 4) is 5.75 Å². The quantitative estimate of drug-likeness (QED) is 0.783. The zero-order valence-electron chi connectivity index (χ0n) is 15.0. The fraction of sp³-hybridized carbons (Fsp3) is 0.632. The summed E-state index contributed by atoms with van der Waals surface area (Å²) in [5.41, 5.74) is 7.24. The van der Waals surface area contributed by atoms with Crippen molar-refractivity contribution in [2.45, 2.75) is 45.1 Å². The van der Waals surface area contributed by atoms with Crippen molar-refractivity contribution in [3.05, 3.63) is 29.8 Å². The molecule has 1 amide bonds. The van der Waals surface area contributed by atoms with Crippen LogP contribution in [0.5, 0.6) is 5.75 Å². The summed E-state index contributed by atoms with van der Waals surface area (Å²) in [7, 11) is 0. The Labute approximate surface area is 144 Å². The summed E-state index contributed by atoms with van der Waals surface area (Å²) < 4.78 is 11.2. The SMILES string of the molecule is CC(C)(C)c1ccccc1OCCNC(=O)C(N)C1CCOCC1. The highest BCUT2D eigenvalue weighted by molar-refractivity contribution is 5.81. The third-order valence-electron chi connectivity index (χ3n) is 4.43. The van der Waals surface area contributed by atoms with E-state index in [2.05, 4.69) is 32.2 Å². The summed E-state index contributed by atoms with van der Waals surface area (Å²) in [5, 5.41) is 2.88. The lowest BCUT2D eigenvalue weighted by atomic mass is 9.86. The second-order valence-electron chi connectivity index (χ2n) is 7.36. The van der Waals surface area contributed by atoms with Gasteiger partial charge in [-0.05, 0) is 35.8 Å². The molecule has 1 saturated heterocycles. The highest BCUT2D eigenvalue weighted by atomic mass is 16.5.